The summed E-state index contributed by atoms with van der Waals surface area (Å²) in [6.45, 7) is -0.0934. The van der Waals surface area contributed by atoms with Crippen molar-refractivity contribution in [3.8, 4) is 0 Å². The second-order valence-corrected chi connectivity index (χ2v) is 6.63. The van der Waals surface area contributed by atoms with Crippen LogP contribution in [0.2, 0.25) is 0 Å². The second-order valence-electron chi connectivity index (χ2n) is 3.60. The number of nitrogens with one attached hydrogen (secondary N) is 3. The summed E-state index contributed by atoms with van der Waals surface area (Å²) in [6, 6.07) is -1.67. The summed E-state index contributed by atoms with van der Waals surface area (Å²) in [7, 11) is -2.11. The molecule has 0 aliphatic rings. The Balaban J connectivity index is 4.10. The Morgan fingerprint density at radius 3 is 2.47 bits per heavy atom. The van der Waals surface area contributed by atoms with Gasteiger partial charge >= 0.3 is 12.0 Å². The van der Waals surface area contributed by atoms with E-state index in [1.807, 2.05) is 6.26 Å². The normalized spacial score (nSPS) is 12.7. The van der Waals surface area contributed by atoms with E-state index in [1.54, 1.807) is 0 Å². The van der Waals surface area contributed by atoms with Gasteiger partial charge in [-0.25, -0.2) is 22.7 Å². The molecule has 4 N–H and O–H groups in total. The standard InChI is InChI=1S/C9H19N3O5S2/c1-10-19(16,17)6-4-11-9(15)12-7(8(13)14)3-5-18-2/h7,10H,3-6H2,1-2H3,(H,13,14)(H2,11,12,15)/t7-/m1/s1. The minimum atomic E-state index is -3.39. The smallest absolute Gasteiger partial charge is 0.326 e. The van der Waals surface area contributed by atoms with Crippen LogP contribution in [0.25, 0.3) is 0 Å². The molecule has 0 saturated heterocycles. The number of carboxylic acid groups (broad SMARTS) is 1. The molecule has 0 aromatic carbocycles. The molecule has 0 spiro atoms. The molecule has 0 aromatic rings. The Morgan fingerprint density at radius 2 is 2.00 bits per heavy atom. The summed E-state index contributed by atoms with van der Waals surface area (Å²) in [4.78, 5) is 22.3. The zero-order chi connectivity index (χ0) is 14.9. The molecule has 1 atom stereocenters. The molecule has 0 aliphatic heterocycles. The van der Waals surface area contributed by atoms with E-state index in [-0.39, 0.29) is 12.3 Å². The van der Waals surface area contributed by atoms with Gasteiger partial charge < -0.3 is 15.7 Å². The number of aliphatic carboxylic acids is 1. The lowest BCUT2D eigenvalue weighted by molar-refractivity contribution is -0.139. The molecule has 0 saturated carbocycles. The van der Waals surface area contributed by atoms with Crippen LogP contribution in [-0.2, 0) is 14.8 Å². The molecule has 10 heteroatoms. The molecule has 0 aliphatic carbocycles. The summed E-state index contributed by atoms with van der Waals surface area (Å²) in [6.07, 6.45) is 2.14. The summed E-state index contributed by atoms with van der Waals surface area (Å²) in [5.41, 5.74) is 0. The first-order chi connectivity index (χ1) is 8.82. The van der Waals surface area contributed by atoms with Crippen LogP contribution in [0, 0.1) is 0 Å². The van der Waals surface area contributed by atoms with Crippen molar-refractivity contribution >= 4 is 33.8 Å². The Labute approximate surface area is 116 Å². The lowest BCUT2D eigenvalue weighted by atomic mass is 10.2. The number of carbonyl (C=O) groups is 2. The maximum absolute atomic E-state index is 11.4. The lowest BCUT2D eigenvalue weighted by Gasteiger charge is -2.14. The highest BCUT2D eigenvalue weighted by Crippen LogP contribution is 2.00. The average Bonchev–Trinajstić information content (AvgIpc) is 2.33. The molecule has 0 heterocycles. The highest BCUT2D eigenvalue weighted by Gasteiger charge is 2.19. The lowest BCUT2D eigenvalue weighted by Crippen LogP contribution is -2.47. The molecule has 2 amide bonds. The van der Waals surface area contributed by atoms with Gasteiger partial charge in [-0.15, -0.1) is 0 Å². The SMILES string of the molecule is CNS(=O)(=O)CCNC(=O)N[C@H](CCSC)C(=O)O. The van der Waals surface area contributed by atoms with E-state index in [0.717, 1.165) is 0 Å². The summed E-state index contributed by atoms with van der Waals surface area (Å²) >= 11 is 1.48. The number of amides is 2. The molecule has 0 fully saturated rings. The zero-order valence-electron chi connectivity index (χ0n) is 10.8. The maximum atomic E-state index is 11.4. The van der Waals surface area contributed by atoms with Crippen LogP contribution >= 0.6 is 11.8 Å². The number of sulfonamides is 1. The van der Waals surface area contributed by atoms with Crippen LogP contribution in [0.5, 0.6) is 0 Å². The van der Waals surface area contributed by atoms with Gasteiger partial charge in [0, 0.05) is 6.54 Å². The minimum absolute atomic E-state index is 0.0934. The van der Waals surface area contributed by atoms with Crippen molar-refractivity contribution in [2.24, 2.45) is 0 Å². The number of thioether (sulfide) groups is 1. The van der Waals surface area contributed by atoms with Crippen LogP contribution in [-0.4, -0.2) is 62.9 Å². The molecule has 0 radical (unpaired) electrons. The van der Waals surface area contributed by atoms with Crippen LogP contribution in [0.3, 0.4) is 0 Å². The van der Waals surface area contributed by atoms with E-state index in [2.05, 4.69) is 15.4 Å². The molecule has 0 aromatic heterocycles. The zero-order valence-corrected chi connectivity index (χ0v) is 12.4. The van der Waals surface area contributed by atoms with Crippen molar-refractivity contribution in [3.05, 3.63) is 0 Å². The van der Waals surface area contributed by atoms with Gasteiger partial charge in [-0.2, -0.15) is 11.8 Å². The Kier molecular flexibility index (Phi) is 8.52. The third kappa shape index (κ3) is 8.67. The highest BCUT2D eigenvalue weighted by atomic mass is 32.2. The number of carbonyl (C=O) groups excluding carboxylic acids is 1. The van der Waals surface area contributed by atoms with E-state index in [0.29, 0.717) is 12.2 Å². The molecular formula is C9H19N3O5S2. The van der Waals surface area contributed by atoms with Gasteiger partial charge in [-0.3, -0.25) is 0 Å². The van der Waals surface area contributed by atoms with E-state index in [4.69, 9.17) is 5.11 Å². The Bertz CT molecular complexity index is 399. The van der Waals surface area contributed by atoms with Gasteiger partial charge in [0.1, 0.15) is 6.04 Å². The fourth-order valence-electron chi connectivity index (χ4n) is 1.10. The van der Waals surface area contributed by atoms with E-state index >= 15 is 0 Å². The first-order valence-electron chi connectivity index (χ1n) is 5.49. The van der Waals surface area contributed by atoms with Gasteiger partial charge in [-0.05, 0) is 25.5 Å². The fourth-order valence-corrected chi connectivity index (χ4v) is 2.15. The average molecular weight is 313 g/mol. The van der Waals surface area contributed by atoms with Gasteiger partial charge in [0.25, 0.3) is 0 Å². The predicted octanol–water partition coefficient (Wildman–Crippen LogP) is -0.959. The summed E-state index contributed by atoms with van der Waals surface area (Å²) < 4.78 is 24.3. The summed E-state index contributed by atoms with van der Waals surface area (Å²) in [5, 5.41) is 13.5. The van der Waals surface area contributed by atoms with Crippen LogP contribution in [0.15, 0.2) is 0 Å². The van der Waals surface area contributed by atoms with Crippen LogP contribution < -0.4 is 15.4 Å². The number of rotatable bonds is 9. The fraction of sp³-hybridized carbons (Fsp3) is 0.778. The molecule has 19 heavy (non-hydrogen) atoms. The number of hydrogen-bond acceptors (Lipinski definition) is 5. The topological polar surface area (TPSA) is 125 Å². The van der Waals surface area contributed by atoms with Crippen molar-refractivity contribution in [2.75, 3.05) is 31.4 Å². The third-order valence-corrected chi connectivity index (χ3v) is 4.19. The van der Waals surface area contributed by atoms with Crippen molar-refractivity contribution in [1.82, 2.24) is 15.4 Å². The van der Waals surface area contributed by atoms with Crippen molar-refractivity contribution < 1.29 is 23.1 Å². The Morgan fingerprint density at radius 1 is 1.37 bits per heavy atom. The summed E-state index contributed by atoms with van der Waals surface area (Å²) in [5.74, 6) is -0.780. The third-order valence-electron chi connectivity index (χ3n) is 2.18. The van der Waals surface area contributed by atoms with Gasteiger partial charge in [-0.1, -0.05) is 0 Å². The molecule has 0 bridgehead atoms. The van der Waals surface area contributed by atoms with E-state index in [1.165, 1.54) is 18.8 Å². The van der Waals surface area contributed by atoms with Crippen molar-refractivity contribution in [1.29, 1.82) is 0 Å². The largest absolute Gasteiger partial charge is 0.480 e. The molecule has 0 unspecified atom stereocenters. The molecule has 0 rings (SSSR count). The van der Waals surface area contributed by atoms with Crippen LogP contribution in [0.1, 0.15) is 6.42 Å². The predicted molar refractivity (Wildman–Crippen MR) is 73.8 cm³/mol. The first kappa shape index (κ1) is 18.0. The quantitative estimate of drug-likeness (QED) is 0.434. The molecule has 8 nitrogen and oxygen atoms in total. The monoisotopic (exact) mass is 313 g/mol. The minimum Gasteiger partial charge on any atom is -0.480 e. The maximum Gasteiger partial charge on any atom is 0.326 e. The van der Waals surface area contributed by atoms with Crippen molar-refractivity contribution in [3.63, 3.8) is 0 Å². The highest BCUT2D eigenvalue weighted by molar-refractivity contribution is 7.98. The van der Waals surface area contributed by atoms with E-state index in [9.17, 15) is 18.0 Å². The van der Waals surface area contributed by atoms with Gasteiger partial charge in [0.05, 0.1) is 5.75 Å². The number of hydrogen-bond donors (Lipinski definition) is 4. The molecular weight excluding hydrogens is 294 g/mol. The number of carboxylic acids is 1. The second kappa shape index (κ2) is 8.99. The number of urea groups is 1. The first-order valence-corrected chi connectivity index (χ1v) is 8.54. The van der Waals surface area contributed by atoms with Crippen LogP contribution in [0.4, 0.5) is 4.79 Å². The van der Waals surface area contributed by atoms with Gasteiger partial charge in [0.15, 0.2) is 0 Å². The van der Waals surface area contributed by atoms with Gasteiger partial charge in [0.2, 0.25) is 10.0 Å². The Hall–Kier alpha value is -1.00. The van der Waals surface area contributed by atoms with Crippen molar-refractivity contribution in [2.45, 2.75) is 12.5 Å². The van der Waals surface area contributed by atoms with E-state index < -0.39 is 28.1 Å². The molecule has 112 valence electrons.